The van der Waals surface area contributed by atoms with Gasteiger partial charge in [-0.3, -0.25) is 0 Å². The minimum atomic E-state index is -3.74. The Morgan fingerprint density at radius 1 is 1.17 bits per heavy atom. The second-order valence-corrected chi connectivity index (χ2v) is 11.8. The van der Waals surface area contributed by atoms with E-state index in [9.17, 15) is 13.5 Å². The molecule has 1 fully saturated rings. The molecule has 4 rings (SSSR count). The van der Waals surface area contributed by atoms with Gasteiger partial charge in [0, 0.05) is 24.3 Å². The van der Waals surface area contributed by atoms with Crippen LogP contribution >= 0.6 is 0 Å². The highest BCUT2D eigenvalue weighted by Gasteiger charge is 2.38. The summed E-state index contributed by atoms with van der Waals surface area (Å²) in [6.45, 7) is 6.03. The first-order valence-corrected chi connectivity index (χ1v) is 14.7. The molecule has 0 radical (unpaired) electrons. The summed E-state index contributed by atoms with van der Waals surface area (Å²) < 4.78 is 41.7. The lowest BCUT2D eigenvalue weighted by atomic mass is 10.1. The number of unbranched alkanes of at least 4 members (excludes halogenated alkanes) is 2. The summed E-state index contributed by atoms with van der Waals surface area (Å²) in [6.07, 6.45) is 5.47. The van der Waals surface area contributed by atoms with Crippen molar-refractivity contribution in [1.82, 2.24) is 4.31 Å². The maximum absolute atomic E-state index is 13.8. The van der Waals surface area contributed by atoms with Gasteiger partial charge in [-0.15, -0.1) is 0 Å². The number of hydrogen-bond donors (Lipinski definition) is 1. The summed E-state index contributed by atoms with van der Waals surface area (Å²) >= 11 is 0. The van der Waals surface area contributed by atoms with Crippen molar-refractivity contribution in [3.63, 3.8) is 0 Å². The molecule has 0 spiro atoms. The van der Waals surface area contributed by atoms with Crippen LogP contribution in [0.5, 0.6) is 5.75 Å². The van der Waals surface area contributed by atoms with E-state index in [1.54, 1.807) is 10.4 Å². The molecule has 0 saturated carbocycles. The fourth-order valence-electron chi connectivity index (χ4n) is 5.21. The van der Waals surface area contributed by atoms with E-state index in [2.05, 4.69) is 11.8 Å². The lowest BCUT2D eigenvalue weighted by Crippen LogP contribution is -2.44. The zero-order chi connectivity index (χ0) is 25.5. The van der Waals surface area contributed by atoms with Crippen LogP contribution < -0.4 is 9.64 Å². The summed E-state index contributed by atoms with van der Waals surface area (Å²) in [5, 5.41) is 9.79. The first-order chi connectivity index (χ1) is 17.4. The number of fused-ring (bicyclic) bond motifs is 1. The van der Waals surface area contributed by atoms with Crippen LogP contribution in [0.4, 0.5) is 5.69 Å². The Kier molecular flexibility index (Phi) is 9.28. The first kappa shape index (κ1) is 26.9. The van der Waals surface area contributed by atoms with E-state index in [1.807, 2.05) is 49.4 Å². The molecule has 1 N–H and O–H groups in total. The molecule has 2 aromatic carbocycles. The number of sulfonamides is 1. The average molecular weight is 517 g/mol. The summed E-state index contributed by atoms with van der Waals surface area (Å²) in [6, 6.07) is 15.2. The predicted octanol–water partition coefficient (Wildman–Crippen LogP) is 4.59. The molecule has 2 aromatic rings. The van der Waals surface area contributed by atoms with Crippen LogP contribution in [0.3, 0.4) is 0 Å². The molecular weight excluding hydrogens is 476 g/mol. The Morgan fingerprint density at radius 3 is 2.72 bits per heavy atom. The van der Waals surface area contributed by atoms with Crippen LogP contribution in [0.15, 0.2) is 53.4 Å². The van der Waals surface area contributed by atoms with Crippen molar-refractivity contribution in [2.24, 2.45) is 0 Å². The molecule has 0 bridgehead atoms. The van der Waals surface area contributed by atoms with E-state index in [-0.39, 0.29) is 36.7 Å². The molecule has 8 heteroatoms. The number of rotatable bonds is 11. The molecule has 0 aromatic heterocycles. The second kappa shape index (κ2) is 12.4. The van der Waals surface area contributed by atoms with E-state index in [0.717, 1.165) is 56.3 Å². The zero-order valence-corrected chi connectivity index (χ0v) is 22.3. The molecule has 0 aliphatic carbocycles. The van der Waals surface area contributed by atoms with Crippen molar-refractivity contribution >= 4 is 15.7 Å². The van der Waals surface area contributed by atoms with Gasteiger partial charge < -0.3 is 19.5 Å². The molecule has 2 aliphatic heterocycles. The fourth-order valence-corrected chi connectivity index (χ4v) is 7.00. The minimum absolute atomic E-state index is 0.0468. The second-order valence-electron chi connectivity index (χ2n) is 9.96. The van der Waals surface area contributed by atoms with Crippen LogP contribution in [0.2, 0.25) is 0 Å². The molecular formula is C28H40N2O5S. The predicted molar refractivity (Wildman–Crippen MR) is 142 cm³/mol. The molecule has 2 heterocycles. The van der Waals surface area contributed by atoms with Gasteiger partial charge in [-0.05, 0) is 43.9 Å². The zero-order valence-electron chi connectivity index (χ0n) is 21.5. The highest BCUT2D eigenvalue weighted by Crippen LogP contribution is 2.37. The van der Waals surface area contributed by atoms with Crippen LogP contribution in [0.25, 0.3) is 0 Å². The summed E-state index contributed by atoms with van der Waals surface area (Å²) in [5.41, 5.74) is 1.95. The van der Waals surface area contributed by atoms with E-state index in [1.165, 1.54) is 0 Å². The van der Waals surface area contributed by atoms with Gasteiger partial charge >= 0.3 is 0 Å². The lowest BCUT2D eigenvalue weighted by molar-refractivity contribution is 0.0310. The van der Waals surface area contributed by atoms with Crippen molar-refractivity contribution in [2.45, 2.75) is 82.1 Å². The Hall–Kier alpha value is -2.13. The molecule has 36 heavy (non-hydrogen) atoms. The molecule has 3 atom stereocenters. The topological polar surface area (TPSA) is 79.3 Å². The third kappa shape index (κ3) is 6.22. The van der Waals surface area contributed by atoms with Gasteiger partial charge in [-0.1, -0.05) is 56.5 Å². The van der Waals surface area contributed by atoms with Crippen molar-refractivity contribution in [2.75, 3.05) is 31.2 Å². The summed E-state index contributed by atoms with van der Waals surface area (Å²) in [7, 11) is -3.74. The van der Waals surface area contributed by atoms with Gasteiger partial charge in [-0.2, -0.15) is 4.31 Å². The SMILES string of the molecule is CCCCC[C@@H](C)N1C[C@H](COCc2ccccc2)Oc2cc(N3CCC[C@H]3CO)ccc2S1(=O)=O. The molecule has 2 aliphatic rings. The average Bonchev–Trinajstić information content (AvgIpc) is 3.32. The van der Waals surface area contributed by atoms with Gasteiger partial charge in [0.15, 0.2) is 0 Å². The van der Waals surface area contributed by atoms with Crippen molar-refractivity contribution < 1.29 is 23.0 Å². The molecule has 198 valence electrons. The van der Waals surface area contributed by atoms with Crippen molar-refractivity contribution in [3.05, 3.63) is 54.1 Å². The normalized spacial score (nSPS) is 22.6. The Labute approximate surface area is 216 Å². The lowest BCUT2D eigenvalue weighted by Gasteiger charge is -2.28. The number of benzene rings is 2. The van der Waals surface area contributed by atoms with Crippen LogP contribution in [0, 0.1) is 0 Å². The fraction of sp³-hybridized carbons (Fsp3) is 0.571. The largest absolute Gasteiger partial charge is 0.485 e. The maximum Gasteiger partial charge on any atom is 0.247 e. The first-order valence-electron chi connectivity index (χ1n) is 13.3. The van der Waals surface area contributed by atoms with E-state index in [4.69, 9.17) is 9.47 Å². The maximum atomic E-state index is 13.8. The highest BCUT2D eigenvalue weighted by molar-refractivity contribution is 7.89. The smallest absolute Gasteiger partial charge is 0.247 e. The van der Waals surface area contributed by atoms with E-state index >= 15 is 0 Å². The van der Waals surface area contributed by atoms with Crippen LogP contribution in [0.1, 0.15) is 57.9 Å². The van der Waals surface area contributed by atoms with Crippen molar-refractivity contribution in [3.8, 4) is 5.75 Å². The number of anilines is 1. The number of hydrogen-bond acceptors (Lipinski definition) is 6. The Balaban J connectivity index is 1.60. The van der Waals surface area contributed by atoms with Gasteiger partial charge in [0.1, 0.15) is 16.7 Å². The molecule has 1 saturated heterocycles. The number of ether oxygens (including phenoxy) is 2. The standard InChI is InChI=1S/C28H40N2O5S/c1-3-4-6-10-22(2)30-18-26(21-34-20-23-11-7-5-8-12-23)35-27-17-24(14-15-28(27)36(30,32)33)29-16-9-13-25(29)19-31/h5,7-8,11-12,14-15,17,22,25-26,31H,3-4,6,9-10,13,16,18-21H2,1-2H3/t22-,25+,26-/m1/s1. The van der Waals surface area contributed by atoms with Crippen LogP contribution in [-0.4, -0.2) is 62.3 Å². The number of nitrogens with zero attached hydrogens (tertiary/aromatic N) is 2. The third-order valence-corrected chi connectivity index (χ3v) is 9.26. The minimum Gasteiger partial charge on any atom is -0.485 e. The molecule has 0 unspecified atom stereocenters. The van der Waals surface area contributed by atoms with Gasteiger partial charge in [0.05, 0.1) is 32.4 Å². The van der Waals surface area contributed by atoms with Gasteiger partial charge in [0.2, 0.25) is 10.0 Å². The monoisotopic (exact) mass is 516 g/mol. The van der Waals surface area contributed by atoms with Gasteiger partial charge in [-0.25, -0.2) is 8.42 Å². The van der Waals surface area contributed by atoms with Crippen LogP contribution in [-0.2, 0) is 21.4 Å². The van der Waals surface area contributed by atoms with E-state index < -0.39 is 16.1 Å². The third-order valence-electron chi connectivity index (χ3n) is 7.24. The highest BCUT2D eigenvalue weighted by atomic mass is 32.2. The Morgan fingerprint density at radius 2 is 1.97 bits per heavy atom. The summed E-state index contributed by atoms with van der Waals surface area (Å²) in [5.74, 6) is 0.368. The van der Waals surface area contributed by atoms with Gasteiger partial charge in [0.25, 0.3) is 0 Å². The molecule has 0 amide bonds. The Bertz CT molecular complexity index is 1080. The summed E-state index contributed by atoms with van der Waals surface area (Å²) in [4.78, 5) is 2.35. The van der Waals surface area contributed by atoms with Crippen molar-refractivity contribution in [1.29, 1.82) is 0 Å². The van der Waals surface area contributed by atoms with E-state index in [0.29, 0.717) is 12.4 Å². The molecule has 7 nitrogen and oxygen atoms in total. The quantitative estimate of drug-likeness (QED) is 0.440. The number of aliphatic hydroxyl groups is 1. The number of aliphatic hydroxyl groups excluding tert-OH is 1.